The summed E-state index contributed by atoms with van der Waals surface area (Å²) in [5, 5.41) is 13.6. The van der Waals surface area contributed by atoms with Crippen molar-refractivity contribution in [2.45, 2.75) is 13.8 Å². The molecule has 0 atom stereocenters. The Morgan fingerprint density at radius 3 is 2.75 bits per heavy atom. The number of nitrogens with one attached hydrogen (secondary N) is 3. The molecule has 2 amide bonds. The molecule has 3 N–H and O–H groups in total. The van der Waals surface area contributed by atoms with Crippen LogP contribution < -0.4 is 16.0 Å². The summed E-state index contributed by atoms with van der Waals surface area (Å²) < 4.78 is 5.00. The van der Waals surface area contributed by atoms with Crippen molar-refractivity contribution in [2.24, 2.45) is 0 Å². The molecule has 1 aromatic carbocycles. The highest BCUT2D eigenvalue weighted by atomic mass is 16.5. The number of amides is 2. The molecule has 124 valence electrons. The number of nitrogens with zero attached hydrogens (tertiary/aromatic N) is 2. The number of para-hydroxylation sites is 1. The number of fused-ring (bicyclic) bond motifs is 1. The van der Waals surface area contributed by atoms with Gasteiger partial charge in [-0.1, -0.05) is 23.4 Å². The summed E-state index contributed by atoms with van der Waals surface area (Å²) in [4.78, 5) is 16.4. The molecular weight excluding hydrogens is 306 g/mol. The number of carbonyl (C=O) groups excluding carboxylic acids is 1. The number of benzene rings is 1. The molecule has 3 aromatic rings. The van der Waals surface area contributed by atoms with Crippen LogP contribution in [0.5, 0.6) is 0 Å². The summed E-state index contributed by atoms with van der Waals surface area (Å²) in [6, 6.07) is 11.6. The fourth-order valence-corrected chi connectivity index (χ4v) is 2.35. The third kappa shape index (κ3) is 3.62. The molecule has 24 heavy (non-hydrogen) atoms. The summed E-state index contributed by atoms with van der Waals surface area (Å²) in [5.41, 5.74) is 2.20. The third-order valence-corrected chi connectivity index (χ3v) is 3.59. The Morgan fingerprint density at radius 1 is 1.12 bits per heavy atom. The minimum Gasteiger partial charge on any atom is -0.368 e. The van der Waals surface area contributed by atoms with E-state index in [-0.39, 0.29) is 6.03 Å². The van der Waals surface area contributed by atoms with Crippen LogP contribution in [0.4, 0.5) is 16.3 Å². The Hall–Kier alpha value is -3.09. The van der Waals surface area contributed by atoms with Gasteiger partial charge < -0.3 is 20.5 Å². The van der Waals surface area contributed by atoms with Gasteiger partial charge in [0.25, 0.3) is 0 Å². The smallest absolute Gasteiger partial charge is 0.319 e. The van der Waals surface area contributed by atoms with Crippen LogP contribution in [0, 0.1) is 13.8 Å². The average molecular weight is 325 g/mol. The number of anilines is 2. The maximum absolute atomic E-state index is 11.9. The highest BCUT2D eigenvalue weighted by Gasteiger charge is 2.11. The van der Waals surface area contributed by atoms with Crippen LogP contribution in [0.3, 0.4) is 0 Å². The van der Waals surface area contributed by atoms with Crippen molar-refractivity contribution >= 4 is 28.4 Å². The predicted molar refractivity (Wildman–Crippen MR) is 93.2 cm³/mol. The van der Waals surface area contributed by atoms with E-state index >= 15 is 0 Å². The fraction of sp³-hybridized carbons (Fsp3) is 0.235. The van der Waals surface area contributed by atoms with E-state index in [1.807, 2.05) is 36.4 Å². The monoisotopic (exact) mass is 325 g/mol. The zero-order valence-electron chi connectivity index (χ0n) is 13.6. The van der Waals surface area contributed by atoms with Crippen molar-refractivity contribution in [3.8, 4) is 0 Å². The number of hydrogen-bond acceptors (Lipinski definition) is 5. The van der Waals surface area contributed by atoms with E-state index in [0.717, 1.165) is 16.7 Å². The second-order valence-electron chi connectivity index (χ2n) is 5.40. The molecule has 0 radical (unpaired) electrons. The highest BCUT2D eigenvalue weighted by molar-refractivity contribution is 5.90. The van der Waals surface area contributed by atoms with Gasteiger partial charge >= 0.3 is 6.03 Å². The van der Waals surface area contributed by atoms with Crippen LogP contribution in [-0.4, -0.2) is 29.3 Å². The molecule has 0 spiro atoms. The second-order valence-corrected chi connectivity index (χ2v) is 5.40. The van der Waals surface area contributed by atoms with Crippen LogP contribution >= 0.6 is 0 Å². The normalized spacial score (nSPS) is 10.6. The number of rotatable bonds is 5. The molecule has 0 unspecified atom stereocenters. The van der Waals surface area contributed by atoms with Gasteiger partial charge in [0, 0.05) is 18.5 Å². The van der Waals surface area contributed by atoms with Crippen molar-refractivity contribution in [2.75, 3.05) is 23.7 Å². The zero-order valence-corrected chi connectivity index (χ0v) is 13.6. The number of pyridine rings is 1. The van der Waals surface area contributed by atoms with Crippen molar-refractivity contribution in [1.29, 1.82) is 0 Å². The first-order valence-electron chi connectivity index (χ1n) is 7.71. The molecule has 0 aliphatic heterocycles. The maximum Gasteiger partial charge on any atom is 0.319 e. The summed E-state index contributed by atoms with van der Waals surface area (Å²) in [5.74, 6) is 1.36. The van der Waals surface area contributed by atoms with Crippen LogP contribution in [0.1, 0.15) is 11.5 Å². The molecular formula is C17H19N5O2. The van der Waals surface area contributed by atoms with Gasteiger partial charge in [0.1, 0.15) is 17.2 Å². The van der Waals surface area contributed by atoms with E-state index in [4.69, 9.17) is 4.52 Å². The van der Waals surface area contributed by atoms with E-state index in [0.29, 0.717) is 30.2 Å². The summed E-state index contributed by atoms with van der Waals surface area (Å²) in [6.45, 7) is 4.56. The molecule has 7 heteroatoms. The van der Waals surface area contributed by atoms with Gasteiger partial charge in [0.05, 0.1) is 5.52 Å². The van der Waals surface area contributed by atoms with Crippen LogP contribution in [0.15, 0.2) is 40.9 Å². The molecule has 0 aliphatic rings. The lowest BCUT2D eigenvalue weighted by atomic mass is 10.2. The quantitative estimate of drug-likeness (QED) is 0.627. The summed E-state index contributed by atoms with van der Waals surface area (Å²) in [6.07, 6.45) is 0. The van der Waals surface area contributed by atoms with Crippen LogP contribution in [0.25, 0.3) is 10.9 Å². The standard InChI is InChI=1S/C17H19N5O2/c1-11-16(12(2)24-22-11)21-17(23)19-10-9-18-15-8-7-13-5-3-4-6-14(13)20-15/h3-8H,9-10H2,1-2H3,(H,18,20)(H2,19,21,23). The SMILES string of the molecule is Cc1noc(C)c1NC(=O)NCCNc1ccc2ccccc2n1. The lowest BCUT2D eigenvalue weighted by Gasteiger charge is -2.09. The molecule has 2 heterocycles. The van der Waals surface area contributed by atoms with Gasteiger partial charge in [-0.15, -0.1) is 0 Å². The fourth-order valence-electron chi connectivity index (χ4n) is 2.35. The molecule has 0 fully saturated rings. The maximum atomic E-state index is 11.9. The largest absolute Gasteiger partial charge is 0.368 e. The lowest BCUT2D eigenvalue weighted by molar-refractivity contribution is 0.252. The number of urea groups is 1. The number of carbonyl (C=O) groups is 1. The Labute approximate surface area is 139 Å². The van der Waals surface area contributed by atoms with Gasteiger partial charge in [-0.05, 0) is 32.0 Å². The zero-order chi connectivity index (χ0) is 16.9. The Balaban J connectivity index is 1.47. The van der Waals surface area contributed by atoms with E-state index in [2.05, 4.69) is 26.1 Å². The highest BCUT2D eigenvalue weighted by Crippen LogP contribution is 2.18. The van der Waals surface area contributed by atoms with Gasteiger partial charge in [0.2, 0.25) is 0 Å². The predicted octanol–water partition coefficient (Wildman–Crippen LogP) is 3.07. The lowest BCUT2D eigenvalue weighted by Crippen LogP contribution is -2.33. The van der Waals surface area contributed by atoms with Crippen LogP contribution in [-0.2, 0) is 0 Å². The molecule has 0 bridgehead atoms. The molecule has 0 saturated heterocycles. The van der Waals surface area contributed by atoms with E-state index < -0.39 is 0 Å². The van der Waals surface area contributed by atoms with E-state index in [1.54, 1.807) is 13.8 Å². The van der Waals surface area contributed by atoms with E-state index in [9.17, 15) is 4.79 Å². The van der Waals surface area contributed by atoms with Gasteiger partial charge in [-0.3, -0.25) is 0 Å². The Bertz CT molecular complexity index is 840. The minimum atomic E-state index is -0.294. The molecule has 0 aliphatic carbocycles. The van der Waals surface area contributed by atoms with Gasteiger partial charge in [-0.2, -0.15) is 0 Å². The second kappa shape index (κ2) is 6.99. The average Bonchev–Trinajstić information content (AvgIpc) is 2.90. The molecule has 3 rings (SSSR count). The third-order valence-electron chi connectivity index (χ3n) is 3.59. The number of aryl methyl sites for hydroxylation is 2. The minimum absolute atomic E-state index is 0.294. The first-order chi connectivity index (χ1) is 11.6. The Kier molecular flexibility index (Phi) is 4.60. The molecule has 0 saturated carbocycles. The first kappa shape index (κ1) is 15.8. The first-order valence-corrected chi connectivity index (χ1v) is 7.71. The summed E-state index contributed by atoms with van der Waals surface area (Å²) >= 11 is 0. The molecule has 2 aromatic heterocycles. The molecule has 7 nitrogen and oxygen atoms in total. The van der Waals surface area contributed by atoms with Gasteiger partial charge in [-0.25, -0.2) is 9.78 Å². The van der Waals surface area contributed by atoms with E-state index in [1.165, 1.54) is 0 Å². The Morgan fingerprint density at radius 2 is 1.96 bits per heavy atom. The van der Waals surface area contributed by atoms with Crippen LogP contribution in [0.2, 0.25) is 0 Å². The topological polar surface area (TPSA) is 92.1 Å². The number of aromatic nitrogens is 2. The van der Waals surface area contributed by atoms with Crippen molar-refractivity contribution in [3.05, 3.63) is 47.9 Å². The number of hydrogen-bond donors (Lipinski definition) is 3. The van der Waals surface area contributed by atoms with Crippen molar-refractivity contribution in [3.63, 3.8) is 0 Å². The summed E-state index contributed by atoms with van der Waals surface area (Å²) in [7, 11) is 0. The van der Waals surface area contributed by atoms with Crippen molar-refractivity contribution < 1.29 is 9.32 Å². The van der Waals surface area contributed by atoms with Gasteiger partial charge in [0.15, 0.2) is 5.76 Å². The van der Waals surface area contributed by atoms with Crippen molar-refractivity contribution in [1.82, 2.24) is 15.5 Å².